The predicted octanol–water partition coefficient (Wildman–Crippen LogP) is 4.60. The van der Waals surface area contributed by atoms with E-state index in [0.29, 0.717) is 23.4 Å². The van der Waals surface area contributed by atoms with Crippen LogP contribution in [0, 0.1) is 17.5 Å². The Labute approximate surface area is 117 Å². The van der Waals surface area contributed by atoms with E-state index in [4.69, 9.17) is 4.74 Å². The van der Waals surface area contributed by atoms with E-state index in [-0.39, 0.29) is 5.56 Å². The van der Waals surface area contributed by atoms with Gasteiger partial charge in [0.2, 0.25) is 0 Å². The van der Waals surface area contributed by atoms with Gasteiger partial charge in [0, 0.05) is 17.7 Å². The fourth-order valence-corrected chi connectivity index (χ4v) is 2.48. The molecule has 1 unspecified atom stereocenters. The van der Waals surface area contributed by atoms with E-state index < -0.39 is 22.3 Å². The first-order chi connectivity index (χ1) is 9.02. The van der Waals surface area contributed by atoms with Gasteiger partial charge in [0.05, 0.1) is 11.9 Å². The fourth-order valence-electron chi connectivity index (χ4n) is 1.76. The minimum absolute atomic E-state index is 0.227. The highest BCUT2D eigenvalue weighted by atomic mass is 79.9. The van der Waals surface area contributed by atoms with Gasteiger partial charge in [-0.05, 0) is 17.7 Å². The summed E-state index contributed by atoms with van der Waals surface area (Å²) < 4.78 is 45.3. The van der Waals surface area contributed by atoms with Crippen molar-refractivity contribution in [3.05, 3.63) is 65.0 Å². The predicted molar refractivity (Wildman–Crippen MR) is 70.1 cm³/mol. The molecule has 0 radical (unpaired) electrons. The third kappa shape index (κ3) is 2.92. The van der Waals surface area contributed by atoms with E-state index in [0.717, 1.165) is 0 Å². The largest absolute Gasteiger partial charge is 0.497 e. The molecule has 0 amide bonds. The molecule has 2 aromatic rings. The van der Waals surface area contributed by atoms with Gasteiger partial charge in [0.25, 0.3) is 0 Å². The number of hydrogen-bond donors (Lipinski definition) is 0. The molecule has 0 saturated heterocycles. The van der Waals surface area contributed by atoms with Crippen LogP contribution in [-0.2, 0) is 0 Å². The van der Waals surface area contributed by atoms with Crippen molar-refractivity contribution in [3.63, 3.8) is 0 Å². The molecule has 2 rings (SSSR count). The molecule has 0 saturated carbocycles. The van der Waals surface area contributed by atoms with Gasteiger partial charge in [-0.15, -0.1) is 0 Å². The molecule has 100 valence electrons. The van der Waals surface area contributed by atoms with Crippen LogP contribution < -0.4 is 4.74 Å². The Hall–Kier alpha value is -1.49. The normalized spacial score (nSPS) is 12.3. The Balaban J connectivity index is 2.46. The molecule has 0 spiro atoms. The quantitative estimate of drug-likeness (QED) is 0.747. The molecule has 5 heteroatoms. The zero-order valence-corrected chi connectivity index (χ0v) is 11.5. The first-order valence-corrected chi connectivity index (χ1v) is 6.37. The van der Waals surface area contributed by atoms with Crippen molar-refractivity contribution >= 4 is 15.9 Å². The summed E-state index contributed by atoms with van der Waals surface area (Å²) in [5.41, 5.74) is 0.387. The van der Waals surface area contributed by atoms with Crippen LogP contribution >= 0.6 is 15.9 Å². The van der Waals surface area contributed by atoms with Gasteiger partial charge in [0.15, 0.2) is 0 Å². The Bertz CT molecular complexity index is 578. The molecule has 19 heavy (non-hydrogen) atoms. The standard InChI is InChI=1S/C14H10BrF3O/c1-19-10-4-2-3-8(5-10)14(15)13-11(17)6-9(16)7-12(13)18/h2-7,14H,1H3. The Morgan fingerprint density at radius 2 is 1.68 bits per heavy atom. The molecular formula is C14H10BrF3O. The molecule has 0 aromatic heterocycles. The number of ether oxygens (including phenoxy) is 1. The number of benzene rings is 2. The number of rotatable bonds is 3. The molecular weight excluding hydrogens is 321 g/mol. The van der Waals surface area contributed by atoms with Crippen molar-refractivity contribution < 1.29 is 17.9 Å². The van der Waals surface area contributed by atoms with Crippen molar-refractivity contribution in [2.45, 2.75) is 4.83 Å². The molecule has 1 atom stereocenters. The van der Waals surface area contributed by atoms with Crippen molar-refractivity contribution in [2.24, 2.45) is 0 Å². The maximum atomic E-state index is 13.7. The summed E-state index contributed by atoms with van der Waals surface area (Å²) in [6.45, 7) is 0. The second kappa shape index (κ2) is 5.65. The van der Waals surface area contributed by atoms with Crippen LogP contribution in [0.5, 0.6) is 5.75 Å². The summed E-state index contributed by atoms with van der Waals surface area (Å²) in [5, 5.41) is 0. The van der Waals surface area contributed by atoms with Crippen molar-refractivity contribution in [2.75, 3.05) is 7.11 Å². The van der Waals surface area contributed by atoms with Gasteiger partial charge in [0.1, 0.15) is 23.2 Å². The maximum Gasteiger partial charge on any atom is 0.133 e. The van der Waals surface area contributed by atoms with Crippen LogP contribution in [-0.4, -0.2) is 7.11 Å². The number of halogens is 4. The third-order valence-electron chi connectivity index (χ3n) is 2.68. The van der Waals surface area contributed by atoms with E-state index in [2.05, 4.69) is 15.9 Å². The summed E-state index contributed by atoms with van der Waals surface area (Å²) >= 11 is 3.23. The van der Waals surface area contributed by atoms with Gasteiger partial charge < -0.3 is 4.74 Å². The lowest BCUT2D eigenvalue weighted by Crippen LogP contribution is -2.02. The molecule has 0 aliphatic heterocycles. The zero-order valence-electron chi connectivity index (χ0n) is 9.96. The molecule has 0 bridgehead atoms. The lowest BCUT2D eigenvalue weighted by atomic mass is 10.0. The summed E-state index contributed by atoms with van der Waals surface area (Å²) in [7, 11) is 1.50. The molecule has 2 aromatic carbocycles. The van der Waals surface area contributed by atoms with Crippen LogP contribution in [0.4, 0.5) is 13.2 Å². The van der Waals surface area contributed by atoms with Gasteiger partial charge in [-0.25, -0.2) is 13.2 Å². The number of methoxy groups -OCH3 is 1. The Morgan fingerprint density at radius 3 is 2.26 bits per heavy atom. The summed E-state index contributed by atoms with van der Waals surface area (Å²) in [6, 6.07) is 8.11. The zero-order chi connectivity index (χ0) is 14.0. The lowest BCUT2D eigenvalue weighted by Gasteiger charge is -2.14. The molecule has 0 N–H and O–H groups in total. The Morgan fingerprint density at radius 1 is 1.05 bits per heavy atom. The number of alkyl halides is 1. The van der Waals surface area contributed by atoms with E-state index in [1.165, 1.54) is 7.11 Å². The van der Waals surface area contributed by atoms with Gasteiger partial charge in [-0.3, -0.25) is 0 Å². The van der Waals surface area contributed by atoms with Gasteiger partial charge in [-0.1, -0.05) is 28.1 Å². The van der Waals surface area contributed by atoms with E-state index >= 15 is 0 Å². The minimum Gasteiger partial charge on any atom is -0.497 e. The molecule has 0 aliphatic carbocycles. The summed E-state index contributed by atoms with van der Waals surface area (Å²) in [6.07, 6.45) is 0. The first-order valence-electron chi connectivity index (χ1n) is 5.45. The van der Waals surface area contributed by atoms with Crippen molar-refractivity contribution in [3.8, 4) is 5.75 Å². The first kappa shape index (κ1) is 13.9. The highest BCUT2D eigenvalue weighted by Crippen LogP contribution is 2.35. The van der Waals surface area contributed by atoms with Crippen LogP contribution in [0.3, 0.4) is 0 Å². The minimum atomic E-state index is -0.941. The lowest BCUT2D eigenvalue weighted by molar-refractivity contribution is 0.414. The van der Waals surface area contributed by atoms with E-state index in [1.54, 1.807) is 24.3 Å². The molecule has 1 nitrogen and oxygen atoms in total. The van der Waals surface area contributed by atoms with Gasteiger partial charge >= 0.3 is 0 Å². The Kier molecular flexibility index (Phi) is 4.14. The SMILES string of the molecule is COc1cccc(C(Br)c2c(F)cc(F)cc2F)c1. The molecule has 0 fully saturated rings. The molecule has 0 heterocycles. The fraction of sp³-hybridized carbons (Fsp3) is 0.143. The van der Waals surface area contributed by atoms with Crippen LogP contribution in [0.25, 0.3) is 0 Å². The summed E-state index contributed by atoms with van der Waals surface area (Å²) in [5.74, 6) is -2.22. The van der Waals surface area contributed by atoms with Crippen LogP contribution in [0.1, 0.15) is 16.0 Å². The maximum absolute atomic E-state index is 13.7. The monoisotopic (exact) mass is 330 g/mol. The van der Waals surface area contributed by atoms with E-state index in [1.807, 2.05) is 0 Å². The number of hydrogen-bond acceptors (Lipinski definition) is 1. The third-order valence-corrected chi connectivity index (χ3v) is 3.67. The van der Waals surface area contributed by atoms with Crippen molar-refractivity contribution in [1.82, 2.24) is 0 Å². The second-order valence-corrected chi connectivity index (χ2v) is 4.84. The highest BCUT2D eigenvalue weighted by Gasteiger charge is 2.21. The average molecular weight is 331 g/mol. The van der Waals surface area contributed by atoms with Gasteiger partial charge in [-0.2, -0.15) is 0 Å². The molecule has 0 aliphatic rings. The second-order valence-electron chi connectivity index (χ2n) is 3.92. The smallest absolute Gasteiger partial charge is 0.133 e. The topological polar surface area (TPSA) is 9.23 Å². The van der Waals surface area contributed by atoms with Crippen molar-refractivity contribution in [1.29, 1.82) is 0 Å². The average Bonchev–Trinajstić information content (AvgIpc) is 2.37. The van der Waals surface area contributed by atoms with E-state index in [9.17, 15) is 13.2 Å². The van der Waals surface area contributed by atoms with Crippen LogP contribution in [0.15, 0.2) is 36.4 Å². The highest BCUT2D eigenvalue weighted by molar-refractivity contribution is 9.09. The summed E-state index contributed by atoms with van der Waals surface area (Å²) in [4.78, 5) is -0.719. The van der Waals surface area contributed by atoms with Crippen LogP contribution in [0.2, 0.25) is 0 Å².